The van der Waals surface area contributed by atoms with Crippen LogP contribution in [0, 0.1) is 11.6 Å². The molecule has 31 heavy (non-hydrogen) atoms. The molecular formula is C24H26F2N2O2S. The molecular weight excluding hydrogens is 418 g/mol. The molecule has 0 saturated heterocycles. The van der Waals surface area contributed by atoms with Crippen LogP contribution in [0.2, 0.25) is 0 Å². The maximum Gasteiger partial charge on any atom is 0.126 e. The number of nitrogens with one attached hydrogen (secondary N) is 1. The summed E-state index contributed by atoms with van der Waals surface area (Å²) >= 11 is -1.30. The van der Waals surface area contributed by atoms with Crippen molar-refractivity contribution in [2.45, 2.75) is 32.2 Å². The Morgan fingerprint density at radius 1 is 1.10 bits per heavy atom. The van der Waals surface area contributed by atoms with Crippen LogP contribution in [0.25, 0.3) is 11.1 Å². The fourth-order valence-corrected chi connectivity index (χ4v) is 4.54. The molecule has 1 N–H and O–H groups in total. The summed E-state index contributed by atoms with van der Waals surface area (Å²) in [7, 11) is 1.61. The number of rotatable bonds is 10. The maximum atomic E-state index is 13.8. The Bertz CT molecular complexity index is 965. The molecule has 1 aromatic heterocycles. The van der Waals surface area contributed by atoms with Crippen LogP contribution in [0.4, 0.5) is 8.78 Å². The number of hydrogen-bond acceptors (Lipinski definition) is 4. The number of ether oxygens (including phenoxy) is 1. The molecule has 0 unspecified atom stereocenters. The zero-order chi connectivity index (χ0) is 22.2. The molecule has 4 nitrogen and oxygen atoms in total. The topological polar surface area (TPSA) is 57.2 Å². The third kappa shape index (κ3) is 6.50. The highest BCUT2D eigenvalue weighted by molar-refractivity contribution is 7.89. The van der Waals surface area contributed by atoms with E-state index in [4.69, 9.17) is 4.74 Å². The SMILES string of the molecule is CCCC[S@+]([O-])N[C@@H](Cc1cc(F)cc(F)c1)c1ncccc1-c1ccc(OC)cc1. The van der Waals surface area contributed by atoms with E-state index < -0.39 is 29.0 Å². The van der Waals surface area contributed by atoms with Crippen molar-refractivity contribution in [3.63, 3.8) is 0 Å². The Morgan fingerprint density at radius 3 is 2.45 bits per heavy atom. The summed E-state index contributed by atoms with van der Waals surface area (Å²) in [5.41, 5.74) is 2.91. The number of benzene rings is 2. The van der Waals surface area contributed by atoms with E-state index in [-0.39, 0.29) is 6.42 Å². The van der Waals surface area contributed by atoms with Crippen molar-refractivity contribution in [1.82, 2.24) is 9.71 Å². The van der Waals surface area contributed by atoms with Crippen molar-refractivity contribution in [2.75, 3.05) is 12.9 Å². The van der Waals surface area contributed by atoms with Gasteiger partial charge in [0.2, 0.25) is 0 Å². The van der Waals surface area contributed by atoms with E-state index >= 15 is 0 Å². The van der Waals surface area contributed by atoms with E-state index in [0.29, 0.717) is 17.0 Å². The van der Waals surface area contributed by atoms with Gasteiger partial charge >= 0.3 is 0 Å². The summed E-state index contributed by atoms with van der Waals surface area (Å²) in [4.78, 5) is 4.56. The Hall–Kier alpha value is -2.48. The van der Waals surface area contributed by atoms with Crippen LogP contribution in [0.1, 0.15) is 37.1 Å². The minimum absolute atomic E-state index is 0.243. The van der Waals surface area contributed by atoms with Gasteiger partial charge in [0.05, 0.1) is 18.8 Å². The van der Waals surface area contributed by atoms with Crippen LogP contribution in [-0.4, -0.2) is 22.4 Å². The first-order chi connectivity index (χ1) is 15.0. The lowest BCUT2D eigenvalue weighted by Crippen LogP contribution is -2.33. The molecule has 2 atom stereocenters. The zero-order valence-electron chi connectivity index (χ0n) is 17.6. The van der Waals surface area contributed by atoms with E-state index in [1.807, 2.05) is 43.3 Å². The summed E-state index contributed by atoms with van der Waals surface area (Å²) in [6.07, 6.45) is 3.65. The first-order valence-corrected chi connectivity index (χ1v) is 11.5. The third-order valence-electron chi connectivity index (χ3n) is 4.89. The van der Waals surface area contributed by atoms with Crippen molar-refractivity contribution in [1.29, 1.82) is 0 Å². The van der Waals surface area contributed by atoms with Gasteiger partial charge in [-0.1, -0.05) is 31.5 Å². The zero-order valence-corrected chi connectivity index (χ0v) is 18.4. The molecule has 3 rings (SSSR count). The van der Waals surface area contributed by atoms with E-state index in [2.05, 4.69) is 9.71 Å². The van der Waals surface area contributed by atoms with Crippen LogP contribution < -0.4 is 9.46 Å². The number of nitrogens with zero attached hydrogens (tertiary/aromatic N) is 1. The molecule has 0 aliphatic rings. The molecule has 0 spiro atoms. The highest BCUT2D eigenvalue weighted by Gasteiger charge is 2.24. The number of aromatic nitrogens is 1. The van der Waals surface area contributed by atoms with Gasteiger partial charge in [-0.15, -0.1) is 4.72 Å². The molecule has 0 aliphatic heterocycles. The highest BCUT2D eigenvalue weighted by Crippen LogP contribution is 2.30. The van der Waals surface area contributed by atoms with Crippen LogP contribution in [0.3, 0.4) is 0 Å². The molecule has 0 amide bonds. The summed E-state index contributed by atoms with van der Waals surface area (Å²) in [5.74, 6) is -0.0517. The Balaban J connectivity index is 1.97. The average molecular weight is 445 g/mol. The van der Waals surface area contributed by atoms with E-state index in [0.717, 1.165) is 35.8 Å². The molecule has 2 aromatic carbocycles. The summed E-state index contributed by atoms with van der Waals surface area (Å²) < 4.78 is 48.6. The lowest BCUT2D eigenvalue weighted by atomic mass is 9.96. The van der Waals surface area contributed by atoms with E-state index in [1.54, 1.807) is 13.3 Å². The smallest absolute Gasteiger partial charge is 0.126 e. The standard InChI is InChI=1S/C24H26F2N2O2S/c1-3-4-12-31(29)28-23(15-17-13-19(25)16-20(26)14-17)24-22(6-5-11-27-24)18-7-9-21(30-2)10-8-18/h5-11,13-14,16,23,28H,3-4,12,15H2,1-2H3/t23-,31-/m0/s1. The van der Waals surface area contributed by atoms with Gasteiger partial charge in [0.1, 0.15) is 23.1 Å². The summed E-state index contributed by atoms with van der Waals surface area (Å²) in [6.45, 7) is 2.03. The summed E-state index contributed by atoms with van der Waals surface area (Å²) in [6, 6.07) is 14.3. The molecule has 7 heteroatoms. The monoisotopic (exact) mass is 444 g/mol. The molecule has 0 saturated carbocycles. The van der Waals surface area contributed by atoms with Gasteiger partial charge in [0.25, 0.3) is 0 Å². The van der Waals surface area contributed by atoms with Gasteiger partial charge in [-0.05, 0) is 54.3 Å². The van der Waals surface area contributed by atoms with Crippen LogP contribution in [-0.2, 0) is 17.8 Å². The Morgan fingerprint density at radius 2 is 1.81 bits per heavy atom. The average Bonchev–Trinajstić information content (AvgIpc) is 2.76. The van der Waals surface area contributed by atoms with Gasteiger partial charge in [0.15, 0.2) is 0 Å². The van der Waals surface area contributed by atoms with Gasteiger partial charge < -0.3 is 9.29 Å². The first-order valence-electron chi connectivity index (χ1n) is 10.2. The Kier molecular flexibility index (Phi) is 8.40. The van der Waals surface area contributed by atoms with Crippen molar-refractivity contribution in [3.8, 4) is 16.9 Å². The molecule has 3 aromatic rings. The second kappa shape index (κ2) is 11.2. The van der Waals surface area contributed by atoms with Crippen molar-refractivity contribution >= 4 is 11.4 Å². The molecule has 0 radical (unpaired) electrons. The normalized spacial score (nSPS) is 13.1. The number of halogens is 2. The lowest BCUT2D eigenvalue weighted by molar-refractivity contribution is 0.415. The van der Waals surface area contributed by atoms with Gasteiger partial charge in [-0.2, -0.15) is 0 Å². The Labute approximate surface area is 185 Å². The van der Waals surface area contributed by atoms with Gasteiger partial charge in [-0.3, -0.25) is 4.98 Å². The fourth-order valence-electron chi connectivity index (χ4n) is 3.36. The van der Waals surface area contributed by atoms with E-state index in [1.165, 1.54) is 12.1 Å². The van der Waals surface area contributed by atoms with Gasteiger partial charge in [0, 0.05) is 29.2 Å². The van der Waals surface area contributed by atoms with Crippen molar-refractivity contribution < 1.29 is 18.1 Å². The molecule has 164 valence electrons. The first kappa shape index (κ1) is 23.2. The molecule has 0 aliphatic carbocycles. The predicted octanol–water partition coefficient (Wildman–Crippen LogP) is 5.37. The van der Waals surface area contributed by atoms with Crippen LogP contribution in [0.15, 0.2) is 60.8 Å². The third-order valence-corrected chi connectivity index (χ3v) is 6.10. The van der Waals surface area contributed by atoms with Crippen molar-refractivity contribution in [3.05, 3.63) is 83.7 Å². The fraction of sp³-hybridized carbons (Fsp3) is 0.292. The maximum absolute atomic E-state index is 13.8. The minimum atomic E-state index is -1.30. The lowest BCUT2D eigenvalue weighted by Gasteiger charge is -2.22. The largest absolute Gasteiger partial charge is 0.598 e. The van der Waals surface area contributed by atoms with Gasteiger partial charge in [-0.25, -0.2) is 8.78 Å². The molecule has 1 heterocycles. The quantitative estimate of drug-likeness (QED) is 0.427. The minimum Gasteiger partial charge on any atom is -0.598 e. The van der Waals surface area contributed by atoms with E-state index in [9.17, 15) is 13.3 Å². The molecule has 0 bridgehead atoms. The summed E-state index contributed by atoms with van der Waals surface area (Å²) in [5, 5.41) is 0. The van der Waals surface area contributed by atoms with Crippen LogP contribution in [0.5, 0.6) is 5.75 Å². The number of methoxy groups -OCH3 is 1. The van der Waals surface area contributed by atoms with Crippen LogP contribution >= 0.6 is 0 Å². The van der Waals surface area contributed by atoms with Crippen molar-refractivity contribution in [2.24, 2.45) is 0 Å². The number of pyridine rings is 1. The number of unbranched alkanes of at least 4 members (excludes halogenated alkanes) is 1. The highest BCUT2D eigenvalue weighted by atomic mass is 32.2. The number of hydrogen-bond donors (Lipinski definition) is 1. The molecule has 0 fully saturated rings. The second-order valence-corrected chi connectivity index (χ2v) is 8.56. The predicted molar refractivity (Wildman–Crippen MR) is 120 cm³/mol. The second-order valence-electron chi connectivity index (χ2n) is 7.22.